The molecule has 4 heterocycles. The molecule has 120 valence electrons. The summed E-state index contributed by atoms with van der Waals surface area (Å²) in [6, 6.07) is 5.87. The van der Waals surface area contributed by atoms with Gasteiger partial charge in [0.1, 0.15) is 30.4 Å². The first-order valence-corrected chi connectivity index (χ1v) is 7.92. The van der Waals surface area contributed by atoms with E-state index in [2.05, 4.69) is 15.3 Å². The smallest absolute Gasteiger partial charge is 0.163 e. The summed E-state index contributed by atoms with van der Waals surface area (Å²) in [7, 11) is 0. The summed E-state index contributed by atoms with van der Waals surface area (Å²) in [5, 5.41) is 8.19. The lowest BCUT2D eigenvalue weighted by atomic mass is 10.1. The first-order valence-electron chi connectivity index (χ1n) is 7.92. The van der Waals surface area contributed by atoms with E-state index < -0.39 is 0 Å². The minimum atomic E-state index is 0.566. The van der Waals surface area contributed by atoms with Gasteiger partial charge >= 0.3 is 0 Å². The molecule has 0 unspecified atom stereocenters. The van der Waals surface area contributed by atoms with E-state index in [1.54, 1.807) is 18.6 Å². The van der Waals surface area contributed by atoms with Crippen LogP contribution in [-0.4, -0.2) is 39.5 Å². The van der Waals surface area contributed by atoms with E-state index in [4.69, 9.17) is 14.6 Å². The Kier molecular flexibility index (Phi) is 2.91. The van der Waals surface area contributed by atoms with Gasteiger partial charge in [0.25, 0.3) is 0 Å². The van der Waals surface area contributed by atoms with E-state index in [-0.39, 0.29) is 0 Å². The Balaban J connectivity index is 1.65. The van der Waals surface area contributed by atoms with Crippen LogP contribution in [0.1, 0.15) is 5.56 Å². The fourth-order valence-corrected chi connectivity index (χ4v) is 3.15. The average molecular weight is 321 g/mol. The van der Waals surface area contributed by atoms with E-state index in [9.17, 15) is 0 Å². The van der Waals surface area contributed by atoms with E-state index in [0.717, 1.165) is 47.4 Å². The van der Waals surface area contributed by atoms with Gasteiger partial charge in [-0.05, 0) is 18.6 Å². The van der Waals surface area contributed by atoms with Crippen molar-refractivity contribution in [3.63, 3.8) is 0 Å². The summed E-state index contributed by atoms with van der Waals surface area (Å²) in [4.78, 5) is 8.55. The first-order chi connectivity index (χ1) is 11.9. The van der Waals surface area contributed by atoms with Crippen LogP contribution in [0.15, 0.2) is 36.8 Å². The van der Waals surface area contributed by atoms with Crippen LogP contribution < -0.4 is 14.8 Å². The number of ether oxygens (including phenoxy) is 2. The van der Waals surface area contributed by atoms with E-state index in [0.29, 0.717) is 13.2 Å². The second-order valence-corrected chi connectivity index (χ2v) is 5.68. The molecular weight excluding hydrogens is 306 g/mol. The van der Waals surface area contributed by atoms with Crippen molar-refractivity contribution in [3.05, 3.63) is 42.4 Å². The quantitative estimate of drug-likeness (QED) is 0.779. The fourth-order valence-electron chi connectivity index (χ4n) is 3.15. The molecule has 1 N–H and O–H groups in total. The third-order valence-corrected chi connectivity index (χ3v) is 4.23. The molecule has 24 heavy (non-hydrogen) atoms. The third-order valence-electron chi connectivity index (χ3n) is 4.23. The van der Waals surface area contributed by atoms with Gasteiger partial charge in [0, 0.05) is 30.6 Å². The summed E-state index contributed by atoms with van der Waals surface area (Å²) < 4.78 is 13.2. The maximum Gasteiger partial charge on any atom is 0.163 e. The Labute approximate surface area is 138 Å². The number of anilines is 1. The molecule has 0 fully saturated rings. The van der Waals surface area contributed by atoms with Crippen LogP contribution in [0.5, 0.6) is 11.5 Å². The molecule has 3 aromatic rings. The molecule has 0 saturated carbocycles. The van der Waals surface area contributed by atoms with Gasteiger partial charge in [0.15, 0.2) is 11.5 Å². The zero-order valence-electron chi connectivity index (χ0n) is 12.9. The number of nitrogens with zero attached hydrogens (tertiary/aromatic N) is 4. The standard InChI is InChI=1S/C17H15N5O2/c1-2-14-15(24-8-7-23-14)9-11(1)22-17-12(3-4-20-17)16(21-22)13-10-18-5-6-19-13/h1-2,5-6,9-10,20H,3-4,7-8H2. The summed E-state index contributed by atoms with van der Waals surface area (Å²) in [6.07, 6.45) is 6.02. The number of hydrogen-bond acceptors (Lipinski definition) is 6. The highest BCUT2D eigenvalue weighted by Crippen LogP contribution is 2.36. The summed E-state index contributed by atoms with van der Waals surface area (Å²) in [5.41, 5.74) is 3.76. The van der Waals surface area contributed by atoms with Crippen molar-refractivity contribution in [2.45, 2.75) is 6.42 Å². The maximum absolute atomic E-state index is 5.69. The normalized spacial score (nSPS) is 15.0. The van der Waals surface area contributed by atoms with Gasteiger partial charge in [-0.25, -0.2) is 4.68 Å². The van der Waals surface area contributed by atoms with Gasteiger partial charge < -0.3 is 14.8 Å². The molecule has 5 rings (SSSR count). The molecule has 2 aliphatic rings. The van der Waals surface area contributed by atoms with Crippen molar-refractivity contribution in [2.24, 2.45) is 0 Å². The maximum atomic E-state index is 5.69. The molecule has 0 amide bonds. The molecule has 0 atom stereocenters. The minimum Gasteiger partial charge on any atom is -0.486 e. The van der Waals surface area contributed by atoms with Crippen LogP contribution in [0.25, 0.3) is 17.1 Å². The zero-order valence-corrected chi connectivity index (χ0v) is 12.9. The number of aromatic nitrogens is 4. The molecule has 7 heteroatoms. The lowest BCUT2D eigenvalue weighted by Crippen LogP contribution is -2.15. The van der Waals surface area contributed by atoms with E-state index in [1.165, 1.54) is 5.56 Å². The van der Waals surface area contributed by atoms with Crippen LogP contribution in [0, 0.1) is 0 Å². The number of benzene rings is 1. The third kappa shape index (κ3) is 2.01. The summed E-state index contributed by atoms with van der Waals surface area (Å²) in [6.45, 7) is 2.05. The Hall–Kier alpha value is -3.09. The SMILES string of the molecule is c1cnc(-c2nn(-c3ccc4c(c3)OCCO4)c3c2CCN3)cn1. The predicted molar refractivity (Wildman–Crippen MR) is 87.8 cm³/mol. The largest absolute Gasteiger partial charge is 0.486 e. The summed E-state index contributed by atoms with van der Waals surface area (Å²) >= 11 is 0. The zero-order chi connectivity index (χ0) is 15.9. The van der Waals surface area contributed by atoms with Crippen molar-refractivity contribution in [1.29, 1.82) is 0 Å². The second kappa shape index (κ2) is 5.23. The fraction of sp³-hybridized carbons (Fsp3) is 0.235. The number of hydrogen-bond donors (Lipinski definition) is 1. The molecular formula is C17H15N5O2. The average Bonchev–Trinajstić information content (AvgIpc) is 3.24. The monoisotopic (exact) mass is 321 g/mol. The molecule has 2 aromatic heterocycles. The lowest BCUT2D eigenvalue weighted by molar-refractivity contribution is 0.171. The highest BCUT2D eigenvalue weighted by molar-refractivity contribution is 5.70. The number of fused-ring (bicyclic) bond motifs is 2. The Morgan fingerprint density at radius 1 is 1.08 bits per heavy atom. The van der Waals surface area contributed by atoms with Crippen LogP contribution in [0.3, 0.4) is 0 Å². The van der Waals surface area contributed by atoms with Gasteiger partial charge in [-0.1, -0.05) is 0 Å². The second-order valence-electron chi connectivity index (χ2n) is 5.68. The van der Waals surface area contributed by atoms with Gasteiger partial charge in [0.2, 0.25) is 0 Å². The van der Waals surface area contributed by atoms with Crippen LogP contribution >= 0.6 is 0 Å². The van der Waals surface area contributed by atoms with Crippen molar-refractivity contribution in [2.75, 3.05) is 25.1 Å². The van der Waals surface area contributed by atoms with E-state index in [1.807, 2.05) is 22.9 Å². The molecule has 7 nitrogen and oxygen atoms in total. The number of rotatable bonds is 2. The van der Waals surface area contributed by atoms with Crippen molar-refractivity contribution in [3.8, 4) is 28.6 Å². The highest BCUT2D eigenvalue weighted by Gasteiger charge is 2.25. The van der Waals surface area contributed by atoms with Crippen molar-refractivity contribution < 1.29 is 9.47 Å². The van der Waals surface area contributed by atoms with Crippen molar-refractivity contribution >= 4 is 5.82 Å². The topological polar surface area (TPSA) is 74.1 Å². The summed E-state index contributed by atoms with van der Waals surface area (Å²) in [5.74, 6) is 2.53. The molecule has 0 radical (unpaired) electrons. The molecule has 0 spiro atoms. The van der Waals surface area contributed by atoms with Crippen molar-refractivity contribution in [1.82, 2.24) is 19.7 Å². The predicted octanol–water partition coefficient (Wildman–Crippen LogP) is 2.07. The van der Waals surface area contributed by atoms with Crippen LogP contribution in [0.2, 0.25) is 0 Å². The van der Waals surface area contributed by atoms with Gasteiger partial charge in [-0.3, -0.25) is 9.97 Å². The molecule has 2 aliphatic heterocycles. The number of nitrogens with one attached hydrogen (secondary N) is 1. The van der Waals surface area contributed by atoms with Gasteiger partial charge in [-0.2, -0.15) is 5.10 Å². The molecule has 1 aromatic carbocycles. The van der Waals surface area contributed by atoms with Crippen LogP contribution in [-0.2, 0) is 6.42 Å². The van der Waals surface area contributed by atoms with Gasteiger partial charge in [-0.15, -0.1) is 0 Å². The first kappa shape index (κ1) is 13.4. The Morgan fingerprint density at radius 3 is 2.88 bits per heavy atom. The molecule has 0 bridgehead atoms. The van der Waals surface area contributed by atoms with E-state index >= 15 is 0 Å². The Morgan fingerprint density at radius 2 is 2.00 bits per heavy atom. The van der Waals surface area contributed by atoms with Crippen LogP contribution in [0.4, 0.5) is 5.82 Å². The molecule has 0 saturated heterocycles. The lowest BCUT2D eigenvalue weighted by Gasteiger charge is -2.19. The molecule has 0 aliphatic carbocycles. The Bertz CT molecular complexity index is 907. The van der Waals surface area contributed by atoms with Gasteiger partial charge in [0.05, 0.1) is 11.9 Å². The minimum absolute atomic E-state index is 0.566. The highest BCUT2D eigenvalue weighted by atomic mass is 16.6.